The molecule has 0 aliphatic carbocycles. The van der Waals surface area contributed by atoms with E-state index in [1.807, 2.05) is 0 Å². The molecular weight excluding hydrogens is 302 g/mol. The lowest BCUT2D eigenvalue weighted by Crippen LogP contribution is -2.50. The molecule has 1 aromatic carbocycles. The standard InChI is InChI=1S/C15H19N3O5/c1-22-7-6-10(15(16)21)17-13(19)8-18-11-4-2-3-5-12(11)23-9-14(18)20/h2-5,10H,6-9H2,1H3,(H2,16,21)(H,17,19). The average molecular weight is 321 g/mol. The second kappa shape index (κ2) is 7.59. The van der Waals surface area contributed by atoms with E-state index in [0.29, 0.717) is 11.4 Å². The molecule has 2 rings (SSSR count). The molecule has 0 fully saturated rings. The third kappa shape index (κ3) is 4.19. The number of methoxy groups -OCH3 is 1. The van der Waals surface area contributed by atoms with Gasteiger partial charge in [0.1, 0.15) is 18.3 Å². The first-order valence-corrected chi connectivity index (χ1v) is 7.12. The van der Waals surface area contributed by atoms with Gasteiger partial charge in [0.2, 0.25) is 11.8 Å². The summed E-state index contributed by atoms with van der Waals surface area (Å²) in [6.45, 7) is -0.0591. The molecule has 0 saturated heterocycles. The van der Waals surface area contributed by atoms with Crippen molar-refractivity contribution >= 4 is 23.4 Å². The highest BCUT2D eigenvalue weighted by Gasteiger charge is 2.28. The molecule has 0 saturated carbocycles. The van der Waals surface area contributed by atoms with Crippen molar-refractivity contribution in [2.45, 2.75) is 12.5 Å². The highest BCUT2D eigenvalue weighted by Crippen LogP contribution is 2.31. The van der Waals surface area contributed by atoms with Crippen molar-refractivity contribution < 1.29 is 23.9 Å². The van der Waals surface area contributed by atoms with E-state index in [-0.39, 0.29) is 32.1 Å². The molecule has 1 atom stereocenters. The summed E-state index contributed by atoms with van der Waals surface area (Å²) in [5.41, 5.74) is 5.77. The lowest BCUT2D eigenvalue weighted by Gasteiger charge is -2.29. The Bertz CT molecular complexity index is 605. The lowest BCUT2D eigenvalue weighted by atomic mass is 10.2. The Hall–Kier alpha value is -2.61. The van der Waals surface area contributed by atoms with Crippen molar-refractivity contribution in [3.05, 3.63) is 24.3 Å². The van der Waals surface area contributed by atoms with Crippen LogP contribution in [0.3, 0.4) is 0 Å². The number of carbonyl (C=O) groups excluding carboxylic acids is 3. The Kier molecular flexibility index (Phi) is 5.53. The maximum absolute atomic E-state index is 12.2. The van der Waals surface area contributed by atoms with Crippen LogP contribution >= 0.6 is 0 Å². The summed E-state index contributed by atoms with van der Waals surface area (Å²) in [5, 5.41) is 2.52. The van der Waals surface area contributed by atoms with E-state index < -0.39 is 17.9 Å². The van der Waals surface area contributed by atoms with Gasteiger partial charge in [-0.2, -0.15) is 0 Å². The maximum Gasteiger partial charge on any atom is 0.265 e. The molecule has 1 heterocycles. The van der Waals surface area contributed by atoms with Gasteiger partial charge in [0.15, 0.2) is 6.61 Å². The number of hydrogen-bond donors (Lipinski definition) is 2. The largest absolute Gasteiger partial charge is 0.482 e. The van der Waals surface area contributed by atoms with Crippen molar-refractivity contribution in [2.75, 3.05) is 31.8 Å². The Morgan fingerprint density at radius 2 is 2.17 bits per heavy atom. The molecule has 1 unspecified atom stereocenters. The number of fused-ring (bicyclic) bond motifs is 1. The summed E-state index contributed by atoms with van der Waals surface area (Å²) in [7, 11) is 1.49. The van der Waals surface area contributed by atoms with E-state index in [1.54, 1.807) is 24.3 Å². The fraction of sp³-hybridized carbons (Fsp3) is 0.400. The number of rotatable bonds is 7. The first-order chi connectivity index (χ1) is 11.0. The number of carbonyl (C=O) groups is 3. The second-order valence-electron chi connectivity index (χ2n) is 5.04. The predicted octanol–water partition coefficient (Wildman–Crippen LogP) is -0.581. The molecule has 8 heteroatoms. The smallest absolute Gasteiger partial charge is 0.265 e. The monoisotopic (exact) mass is 321 g/mol. The number of para-hydroxylation sites is 2. The van der Waals surface area contributed by atoms with Crippen LogP contribution in [-0.2, 0) is 19.1 Å². The topological polar surface area (TPSA) is 111 Å². The summed E-state index contributed by atoms with van der Waals surface area (Å²) < 4.78 is 10.2. The normalized spacial score (nSPS) is 14.7. The summed E-state index contributed by atoms with van der Waals surface area (Å²) in [5.74, 6) is -0.920. The SMILES string of the molecule is COCCC(NC(=O)CN1C(=O)COc2ccccc21)C(N)=O. The number of hydrogen-bond acceptors (Lipinski definition) is 5. The van der Waals surface area contributed by atoms with E-state index in [0.717, 1.165) is 0 Å². The van der Waals surface area contributed by atoms with Gasteiger partial charge >= 0.3 is 0 Å². The first kappa shape index (κ1) is 16.8. The van der Waals surface area contributed by atoms with Crippen molar-refractivity contribution in [3.8, 4) is 5.75 Å². The maximum atomic E-state index is 12.2. The molecule has 0 bridgehead atoms. The molecule has 0 radical (unpaired) electrons. The van der Waals surface area contributed by atoms with Crippen molar-refractivity contribution in [2.24, 2.45) is 5.73 Å². The Morgan fingerprint density at radius 1 is 1.43 bits per heavy atom. The highest BCUT2D eigenvalue weighted by molar-refractivity contribution is 6.02. The van der Waals surface area contributed by atoms with Crippen LogP contribution in [0.25, 0.3) is 0 Å². The zero-order valence-electron chi connectivity index (χ0n) is 12.8. The van der Waals surface area contributed by atoms with Crippen molar-refractivity contribution in [1.82, 2.24) is 5.32 Å². The van der Waals surface area contributed by atoms with Gasteiger partial charge in [-0.25, -0.2) is 0 Å². The van der Waals surface area contributed by atoms with Crippen LogP contribution in [0.5, 0.6) is 5.75 Å². The minimum absolute atomic E-state index is 0.132. The minimum Gasteiger partial charge on any atom is -0.482 e. The quantitative estimate of drug-likeness (QED) is 0.698. The zero-order valence-corrected chi connectivity index (χ0v) is 12.8. The van der Waals surface area contributed by atoms with Crippen LogP contribution in [0.1, 0.15) is 6.42 Å². The fourth-order valence-electron chi connectivity index (χ4n) is 2.23. The minimum atomic E-state index is -0.839. The second-order valence-corrected chi connectivity index (χ2v) is 5.04. The van der Waals surface area contributed by atoms with Crippen LogP contribution in [-0.4, -0.2) is 50.6 Å². The van der Waals surface area contributed by atoms with Gasteiger partial charge in [-0.1, -0.05) is 12.1 Å². The van der Waals surface area contributed by atoms with Gasteiger partial charge in [0.05, 0.1) is 5.69 Å². The number of benzene rings is 1. The van der Waals surface area contributed by atoms with Crippen LogP contribution < -0.4 is 20.7 Å². The Morgan fingerprint density at radius 3 is 2.87 bits per heavy atom. The van der Waals surface area contributed by atoms with E-state index >= 15 is 0 Å². The van der Waals surface area contributed by atoms with Crippen LogP contribution in [0.4, 0.5) is 5.69 Å². The number of primary amides is 1. The molecule has 0 aromatic heterocycles. The molecule has 23 heavy (non-hydrogen) atoms. The van der Waals surface area contributed by atoms with Gasteiger partial charge in [-0.3, -0.25) is 19.3 Å². The molecule has 1 aromatic rings. The third-order valence-corrected chi connectivity index (χ3v) is 3.40. The number of nitrogens with zero attached hydrogens (tertiary/aromatic N) is 1. The van der Waals surface area contributed by atoms with Gasteiger partial charge in [0, 0.05) is 13.7 Å². The highest BCUT2D eigenvalue weighted by atomic mass is 16.5. The molecule has 124 valence electrons. The third-order valence-electron chi connectivity index (χ3n) is 3.40. The zero-order chi connectivity index (χ0) is 16.8. The molecule has 1 aliphatic rings. The number of amides is 3. The van der Waals surface area contributed by atoms with Crippen LogP contribution in [0.2, 0.25) is 0 Å². The molecule has 8 nitrogen and oxygen atoms in total. The van der Waals surface area contributed by atoms with Gasteiger partial charge in [0.25, 0.3) is 5.91 Å². The number of nitrogens with one attached hydrogen (secondary N) is 1. The fourth-order valence-corrected chi connectivity index (χ4v) is 2.23. The van der Waals surface area contributed by atoms with Crippen molar-refractivity contribution in [1.29, 1.82) is 0 Å². The predicted molar refractivity (Wildman–Crippen MR) is 81.9 cm³/mol. The first-order valence-electron chi connectivity index (χ1n) is 7.12. The molecule has 3 N–H and O–H groups in total. The number of anilines is 1. The summed E-state index contributed by atoms with van der Waals surface area (Å²) in [6.07, 6.45) is 0.269. The van der Waals surface area contributed by atoms with Crippen LogP contribution in [0, 0.1) is 0 Å². The number of ether oxygens (including phenoxy) is 2. The van der Waals surface area contributed by atoms with Crippen LogP contribution in [0.15, 0.2) is 24.3 Å². The van der Waals surface area contributed by atoms with E-state index in [9.17, 15) is 14.4 Å². The molecule has 1 aliphatic heterocycles. The molecule has 3 amide bonds. The summed E-state index contributed by atoms with van der Waals surface area (Å²) in [4.78, 5) is 36.8. The van der Waals surface area contributed by atoms with E-state index in [1.165, 1.54) is 12.0 Å². The van der Waals surface area contributed by atoms with E-state index in [2.05, 4.69) is 5.32 Å². The van der Waals surface area contributed by atoms with E-state index in [4.69, 9.17) is 15.2 Å². The van der Waals surface area contributed by atoms with Gasteiger partial charge < -0.3 is 20.5 Å². The Labute approximate surface area is 133 Å². The summed E-state index contributed by atoms with van der Waals surface area (Å²) in [6, 6.07) is 6.10. The van der Waals surface area contributed by atoms with Gasteiger partial charge in [-0.15, -0.1) is 0 Å². The number of nitrogens with two attached hydrogens (primary N) is 1. The molecule has 0 spiro atoms. The lowest BCUT2D eigenvalue weighted by molar-refractivity contribution is -0.128. The summed E-state index contributed by atoms with van der Waals surface area (Å²) >= 11 is 0. The average Bonchev–Trinajstić information content (AvgIpc) is 2.54. The molecular formula is C15H19N3O5. The van der Waals surface area contributed by atoms with Crippen molar-refractivity contribution in [3.63, 3.8) is 0 Å². The Balaban J connectivity index is 2.04. The van der Waals surface area contributed by atoms with Gasteiger partial charge in [-0.05, 0) is 18.6 Å².